The lowest BCUT2D eigenvalue weighted by atomic mass is 9.99. The Morgan fingerprint density at radius 3 is 2.91 bits per heavy atom. The van der Waals surface area contributed by atoms with Crippen molar-refractivity contribution in [2.24, 2.45) is 0 Å². The number of nitrogens with one attached hydrogen (secondary N) is 4. The maximum Gasteiger partial charge on any atom is 0.321 e. The second-order valence-electron chi connectivity index (χ2n) is 7.46. The number of hydrogen-bond acceptors (Lipinski definition) is 5. The van der Waals surface area contributed by atoms with Gasteiger partial charge in [-0.1, -0.05) is 12.1 Å². The van der Waals surface area contributed by atoms with E-state index >= 15 is 0 Å². The number of carbonyl (C=O) groups is 1. The molecule has 0 atom stereocenters. The Morgan fingerprint density at radius 2 is 2.06 bits per heavy atom. The van der Waals surface area contributed by atoms with Gasteiger partial charge in [-0.05, 0) is 48.4 Å². The smallest absolute Gasteiger partial charge is 0.321 e. The van der Waals surface area contributed by atoms with Crippen molar-refractivity contribution in [3.63, 3.8) is 0 Å². The van der Waals surface area contributed by atoms with Gasteiger partial charge in [-0.25, -0.2) is 19.3 Å². The zero-order valence-corrected chi connectivity index (χ0v) is 17.5. The number of amides is 2. The van der Waals surface area contributed by atoms with E-state index in [4.69, 9.17) is 4.42 Å². The zero-order chi connectivity index (χ0) is 22.9. The minimum absolute atomic E-state index is 0.300. The molecule has 5 rings (SSSR count). The van der Waals surface area contributed by atoms with E-state index in [1.54, 1.807) is 36.4 Å². The maximum atomic E-state index is 14.7. The molecular formula is C23H19FN6O3. The Kier molecular flexibility index (Phi) is 5.09. The molecule has 5 aromatic rings. The van der Waals surface area contributed by atoms with Gasteiger partial charge in [0.15, 0.2) is 5.58 Å². The van der Waals surface area contributed by atoms with Crippen molar-refractivity contribution in [2.45, 2.75) is 13.3 Å². The van der Waals surface area contributed by atoms with Gasteiger partial charge in [0.25, 0.3) is 5.56 Å². The Hall–Kier alpha value is -4.47. The van der Waals surface area contributed by atoms with E-state index in [-0.39, 0.29) is 17.4 Å². The number of anilines is 1. The number of carbonyl (C=O) groups excluding carboxylic acids is 1. The first kappa shape index (κ1) is 20.4. The average Bonchev–Trinajstić information content (AvgIpc) is 3.44. The summed E-state index contributed by atoms with van der Waals surface area (Å²) in [6.07, 6.45) is 1.79. The lowest BCUT2D eigenvalue weighted by Crippen LogP contribution is -2.28. The van der Waals surface area contributed by atoms with Crippen molar-refractivity contribution < 1.29 is 13.6 Å². The van der Waals surface area contributed by atoms with Crippen LogP contribution in [-0.2, 0) is 6.42 Å². The number of H-pyrrole nitrogens is 2. The van der Waals surface area contributed by atoms with E-state index in [2.05, 4.69) is 30.8 Å². The Balaban J connectivity index is 1.47. The number of aromatic nitrogens is 4. The molecule has 166 valence electrons. The SMILES string of the molecule is CCNC(=O)Nc1nc2cc(-c3cc(Cc4n[nH]c(=O)c5ccoc45)ccc3F)ccc2[nH]1. The molecule has 0 aliphatic rings. The Morgan fingerprint density at radius 1 is 1.18 bits per heavy atom. The van der Waals surface area contributed by atoms with E-state index in [0.29, 0.717) is 57.7 Å². The van der Waals surface area contributed by atoms with Gasteiger partial charge in [0.05, 0.1) is 22.7 Å². The van der Waals surface area contributed by atoms with Crippen molar-refractivity contribution in [1.29, 1.82) is 0 Å². The van der Waals surface area contributed by atoms with Crippen LogP contribution in [0.4, 0.5) is 15.1 Å². The molecule has 33 heavy (non-hydrogen) atoms. The molecule has 0 bridgehead atoms. The summed E-state index contributed by atoms with van der Waals surface area (Å²) in [4.78, 5) is 31.0. The van der Waals surface area contributed by atoms with Crippen molar-refractivity contribution in [3.05, 3.63) is 76.2 Å². The van der Waals surface area contributed by atoms with Crippen molar-refractivity contribution in [1.82, 2.24) is 25.5 Å². The van der Waals surface area contributed by atoms with Gasteiger partial charge in [0.2, 0.25) is 5.95 Å². The fourth-order valence-electron chi connectivity index (χ4n) is 3.70. The second kappa shape index (κ2) is 8.23. The van der Waals surface area contributed by atoms with E-state index in [1.807, 2.05) is 6.92 Å². The highest BCUT2D eigenvalue weighted by molar-refractivity contribution is 5.90. The van der Waals surface area contributed by atoms with Crippen molar-refractivity contribution >= 4 is 34.0 Å². The largest absolute Gasteiger partial charge is 0.462 e. The number of rotatable bonds is 5. The number of hydrogen-bond donors (Lipinski definition) is 4. The number of nitrogens with zero attached hydrogens (tertiary/aromatic N) is 2. The molecule has 9 nitrogen and oxygen atoms in total. The van der Waals surface area contributed by atoms with Gasteiger partial charge >= 0.3 is 6.03 Å². The standard InChI is InChI=1S/C23H19FN6O3/c1-2-25-23(32)28-22-26-17-6-4-13(11-18(17)27-22)15-9-12(3-5-16(15)24)10-19-20-14(7-8-33-20)21(31)30-29-19/h3-9,11H,2,10H2,1H3,(H,30,31)(H3,25,26,27,28,32). The van der Waals surface area contributed by atoms with E-state index in [0.717, 1.165) is 5.56 Å². The Labute approximate surface area is 186 Å². The van der Waals surface area contributed by atoms with Crippen LogP contribution in [0.15, 0.2) is 57.9 Å². The minimum Gasteiger partial charge on any atom is -0.462 e. The van der Waals surface area contributed by atoms with Crippen LogP contribution in [0.5, 0.6) is 0 Å². The molecule has 0 saturated carbocycles. The normalized spacial score (nSPS) is 11.2. The Bertz CT molecular complexity index is 1550. The van der Waals surface area contributed by atoms with Crippen LogP contribution < -0.4 is 16.2 Å². The highest BCUT2D eigenvalue weighted by atomic mass is 19.1. The molecule has 0 aliphatic carbocycles. The fourth-order valence-corrected chi connectivity index (χ4v) is 3.70. The summed E-state index contributed by atoms with van der Waals surface area (Å²) in [7, 11) is 0. The summed E-state index contributed by atoms with van der Waals surface area (Å²) in [5.41, 5.74) is 3.76. The van der Waals surface area contributed by atoms with Crippen LogP contribution in [0.1, 0.15) is 18.2 Å². The molecule has 0 aliphatic heterocycles. The quantitative estimate of drug-likeness (QED) is 0.325. The van der Waals surface area contributed by atoms with Crippen LogP contribution in [-0.4, -0.2) is 32.7 Å². The molecule has 3 aromatic heterocycles. The predicted molar refractivity (Wildman–Crippen MR) is 122 cm³/mol. The molecule has 2 amide bonds. The maximum absolute atomic E-state index is 14.7. The zero-order valence-electron chi connectivity index (χ0n) is 17.5. The molecule has 2 aromatic carbocycles. The lowest BCUT2D eigenvalue weighted by Gasteiger charge is -2.08. The van der Waals surface area contributed by atoms with Crippen LogP contribution in [0.25, 0.3) is 33.1 Å². The summed E-state index contributed by atoms with van der Waals surface area (Å²) in [5, 5.41) is 12.2. The van der Waals surface area contributed by atoms with Crippen LogP contribution in [0.2, 0.25) is 0 Å². The number of halogens is 1. The first-order valence-electron chi connectivity index (χ1n) is 10.3. The number of fused-ring (bicyclic) bond motifs is 2. The summed E-state index contributed by atoms with van der Waals surface area (Å²) < 4.78 is 20.2. The summed E-state index contributed by atoms with van der Waals surface area (Å²) >= 11 is 0. The second-order valence-corrected chi connectivity index (χ2v) is 7.46. The highest BCUT2D eigenvalue weighted by Crippen LogP contribution is 2.28. The molecule has 0 fully saturated rings. The fraction of sp³-hybridized carbons (Fsp3) is 0.130. The summed E-state index contributed by atoms with van der Waals surface area (Å²) in [6.45, 7) is 2.31. The molecule has 0 radical (unpaired) electrons. The van der Waals surface area contributed by atoms with Crippen LogP contribution >= 0.6 is 0 Å². The molecule has 0 unspecified atom stereocenters. The first-order valence-corrected chi connectivity index (χ1v) is 10.3. The molecule has 0 spiro atoms. The van der Waals surface area contributed by atoms with Gasteiger partial charge in [0, 0.05) is 18.5 Å². The van der Waals surface area contributed by atoms with Gasteiger partial charge in [-0.2, -0.15) is 5.10 Å². The van der Waals surface area contributed by atoms with E-state index in [9.17, 15) is 14.0 Å². The predicted octanol–water partition coefficient (Wildman–Crippen LogP) is 3.93. The third-order valence-corrected chi connectivity index (χ3v) is 5.23. The molecule has 3 heterocycles. The molecular weight excluding hydrogens is 427 g/mol. The van der Waals surface area contributed by atoms with Crippen LogP contribution in [0.3, 0.4) is 0 Å². The third-order valence-electron chi connectivity index (χ3n) is 5.23. The van der Waals surface area contributed by atoms with Gasteiger partial charge < -0.3 is 14.7 Å². The number of furan rings is 1. The number of imidazole rings is 1. The molecule has 4 N–H and O–H groups in total. The number of aromatic amines is 2. The van der Waals surface area contributed by atoms with E-state index < -0.39 is 0 Å². The minimum atomic E-state index is -0.383. The summed E-state index contributed by atoms with van der Waals surface area (Å²) in [5.74, 6) is -0.0826. The van der Waals surface area contributed by atoms with Crippen molar-refractivity contribution in [3.8, 4) is 11.1 Å². The number of urea groups is 1. The molecule has 0 saturated heterocycles. The third kappa shape index (κ3) is 3.93. The van der Waals surface area contributed by atoms with E-state index in [1.165, 1.54) is 12.3 Å². The van der Waals surface area contributed by atoms with Gasteiger partial charge in [-0.15, -0.1) is 0 Å². The number of benzene rings is 2. The van der Waals surface area contributed by atoms with Crippen LogP contribution in [0, 0.1) is 5.82 Å². The van der Waals surface area contributed by atoms with Gasteiger partial charge in [-0.3, -0.25) is 10.1 Å². The van der Waals surface area contributed by atoms with Crippen molar-refractivity contribution in [2.75, 3.05) is 11.9 Å². The van der Waals surface area contributed by atoms with Gasteiger partial charge in [0.1, 0.15) is 11.5 Å². The monoisotopic (exact) mass is 446 g/mol. The lowest BCUT2D eigenvalue weighted by molar-refractivity contribution is 0.252. The summed E-state index contributed by atoms with van der Waals surface area (Å²) in [6, 6.07) is 11.3. The molecule has 10 heteroatoms. The highest BCUT2D eigenvalue weighted by Gasteiger charge is 2.14. The average molecular weight is 446 g/mol. The topological polar surface area (TPSA) is 129 Å². The first-order chi connectivity index (χ1) is 16.0.